The van der Waals surface area contributed by atoms with Crippen molar-refractivity contribution in [3.05, 3.63) is 27.5 Å². The summed E-state index contributed by atoms with van der Waals surface area (Å²) in [7, 11) is 1.87. The Morgan fingerprint density at radius 3 is 2.47 bits per heavy atom. The van der Waals surface area contributed by atoms with Crippen LogP contribution in [0.4, 0.5) is 11.6 Å². The van der Waals surface area contributed by atoms with Crippen LogP contribution in [0, 0.1) is 20.8 Å². The Kier molecular flexibility index (Phi) is 4.31. The van der Waals surface area contributed by atoms with E-state index in [1.807, 2.05) is 27.8 Å². The van der Waals surface area contributed by atoms with Gasteiger partial charge in [0, 0.05) is 31.0 Å². The normalized spacial score (nSPS) is 10.5. The molecule has 0 aromatic carbocycles. The van der Waals surface area contributed by atoms with Crippen LogP contribution >= 0.6 is 11.3 Å². The molecule has 2 aromatic heterocycles. The van der Waals surface area contributed by atoms with Gasteiger partial charge in [0.05, 0.1) is 10.7 Å². The Labute approximate surface area is 117 Å². The molecule has 2 aromatic rings. The second kappa shape index (κ2) is 5.97. The molecule has 0 spiro atoms. The number of nitrogens with zero attached hydrogens (tertiary/aromatic N) is 3. The van der Waals surface area contributed by atoms with E-state index < -0.39 is 0 Å². The lowest BCUT2D eigenvalue weighted by molar-refractivity contribution is 0.943. The van der Waals surface area contributed by atoms with Gasteiger partial charge in [-0.3, -0.25) is 0 Å². The first kappa shape index (κ1) is 13.7. The van der Waals surface area contributed by atoms with Crippen LogP contribution in [0.3, 0.4) is 0 Å². The summed E-state index contributed by atoms with van der Waals surface area (Å²) < 4.78 is 0. The fraction of sp³-hybridized carbons (Fsp3) is 0.462. The molecule has 0 aliphatic heterocycles. The molecular formula is C13H19N5S. The number of aryl methyl sites for hydroxylation is 2. The van der Waals surface area contributed by atoms with Crippen LogP contribution in [0.15, 0.2) is 5.38 Å². The van der Waals surface area contributed by atoms with Crippen molar-refractivity contribution in [1.29, 1.82) is 0 Å². The third-order valence-corrected chi connectivity index (χ3v) is 3.66. The van der Waals surface area contributed by atoms with Crippen molar-refractivity contribution in [1.82, 2.24) is 15.0 Å². The molecule has 2 N–H and O–H groups in total. The maximum Gasteiger partial charge on any atom is 0.134 e. The molecule has 0 saturated carbocycles. The van der Waals surface area contributed by atoms with Gasteiger partial charge < -0.3 is 10.6 Å². The average Bonchev–Trinajstić information content (AvgIpc) is 2.79. The number of nitrogens with one attached hydrogen (secondary N) is 2. The number of thiazole rings is 1. The van der Waals surface area contributed by atoms with Gasteiger partial charge >= 0.3 is 0 Å². The fourth-order valence-corrected chi connectivity index (χ4v) is 2.52. The van der Waals surface area contributed by atoms with E-state index in [1.54, 1.807) is 11.3 Å². The van der Waals surface area contributed by atoms with Crippen molar-refractivity contribution in [3.63, 3.8) is 0 Å². The topological polar surface area (TPSA) is 62.7 Å². The third kappa shape index (κ3) is 3.41. The van der Waals surface area contributed by atoms with Crippen LogP contribution in [0.5, 0.6) is 0 Å². The van der Waals surface area contributed by atoms with Crippen molar-refractivity contribution in [2.75, 3.05) is 24.2 Å². The minimum Gasteiger partial charge on any atom is -0.373 e. The highest BCUT2D eigenvalue weighted by Gasteiger charge is 2.07. The molecule has 5 nitrogen and oxygen atoms in total. The first-order chi connectivity index (χ1) is 9.10. The van der Waals surface area contributed by atoms with E-state index in [0.29, 0.717) is 0 Å². The lowest BCUT2D eigenvalue weighted by Gasteiger charge is -2.12. The van der Waals surface area contributed by atoms with E-state index in [1.165, 1.54) is 0 Å². The summed E-state index contributed by atoms with van der Waals surface area (Å²) in [5.41, 5.74) is 2.18. The maximum atomic E-state index is 4.45. The Hall–Kier alpha value is -1.69. The van der Waals surface area contributed by atoms with Gasteiger partial charge in [0.1, 0.15) is 17.5 Å². The van der Waals surface area contributed by atoms with E-state index in [0.717, 1.165) is 46.7 Å². The Morgan fingerprint density at radius 1 is 1.11 bits per heavy atom. The second-order valence-corrected chi connectivity index (χ2v) is 5.44. The average molecular weight is 277 g/mol. The SMILES string of the molecule is CNc1nc(C)nc(NCCc2csc(C)n2)c1C. The molecule has 0 saturated heterocycles. The van der Waals surface area contributed by atoms with E-state index in [4.69, 9.17) is 0 Å². The highest BCUT2D eigenvalue weighted by atomic mass is 32.1. The van der Waals surface area contributed by atoms with Gasteiger partial charge in [0.2, 0.25) is 0 Å². The summed E-state index contributed by atoms with van der Waals surface area (Å²) in [6, 6.07) is 0. The Morgan fingerprint density at radius 2 is 1.84 bits per heavy atom. The van der Waals surface area contributed by atoms with Crippen LogP contribution in [-0.2, 0) is 6.42 Å². The smallest absolute Gasteiger partial charge is 0.134 e. The molecule has 0 bridgehead atoms. The summed E-state index contributed by atoms with van der Waals surface area (Å²) in [6.45, 7) is 6.76. The Bertz CT molecular complexity index is 564. The predicted octanol–water partition coefficient (Wildman–Crippen LogP) is 2.55. The van der Waals surface area contributed by atoms with E-state index in [2.05, 4.69) is 31.0 Å². The summed E-state index contributed by atoms with van der Waals surface area (Å²) in [5, 5.41) is 9.66. The Balaban J connectivity index is 2.01. The molecule has 0 amide bonds. The second-order valence-electron chi connectivity index (χ2n) is 4.38. The molecule has 0 aliphatic carbocycles. The van der Waals surface area contributed by atoms with Crippen molar-refractivity contribution in [3.8, 4) is 0 Å². The molecule has 6 heteroatoms. The van der Waals surface area contributed by atoms with Crippen LogP contribution in [0.1, 0.15) is 22.1 Å². The quantitative estimate of drug-likeness (QED) is 0.879. The molecule has 102 valence electrons. The molecule has 0 atom stereocenters. The van der Waals surface area contributed by atoms with Crippen molar-refractivity contribution in [2.24, 2.45) is 0 Å². The summed E-state index contributed by atoms with van der Waals surface area (Å²) >= 11 is 1.69. The number of rotatable bonds is 5. The molecule has 0 fully saturated rings. The van der Waals surface area contributed by atoms with Crippen LogP contribution in [0.25, 0.3) is 0 Å². The number of hydrogen-bond acceptors (Lipinski definition) is 6. The van der Waals surface area contributed by atoms with Gasteiger partial charge in [0.25, 0.3) is 0 Å². The molecule has 0 radical (unpaired) electrons. The summed E-state index contributed by atoms with van der Waals surface area (Å²) in [5.74, 6) is 2.53. The third-order valence-electron chi connectivity index (χ3n) is 2.83. The molecule has 2 heterocycles. The van der Waals surface area contributed by atoms with Crippen molar-refractivity contribution >= 4 is 23.0 Å². The summed E-state index contributed by atoms with van der Waals surface area (Å²) in [6.07, 6.45) is 0.904. The first-order valence-electron chi connectivity index (χ1n) is 6.28. The molecular weight excluding hydrogens is 258 g/mol. The fourth-order valence-electron chi connectivity index (χ4n) is 1.88. The van der Waals surface area contributed by atoms with Gasteiger partial charge in [-0.05, 0) is 20.8 Å². The predicted molar refractivity (Wildman–Crippen MR) is 80.1 cm³/mol. The van der Waals surface area contributed by atoms with Gasteiger partial charge in [0.15, 0.2) is 0 Å². The monoisotopic (exact) mass is 277 g/mol. The zero-order chi connectivity index (χ0) is 13.8. The van der Waals surface area contributed by atoms with Gasteiger partial charge in [-0.25, -0.2) is 15.0 Å². The standard InChI is InChI=1S/C13H19N5S/c1-8-12(14-4)16-9(2)17-13(8)15-6-5-11-7-19-10(3)18-11/h7H,5-6H2,1-4H3,(H2,14,15,16,17). The largest absolute Gasteiger partial charge is 0.373 e. The van der Waals surface area contributed by atoms with E-state index in [9.17, 15) is 0 Å². The number of aromatic nitrogens is 3. The minimum atomic E-state index is 0.766. The highest BCUT2D eigenvalue weighted by molar-refractivity contribution is 7.09. The molecule has 0 aliphatic rings. The number of hydrogen-bond donors (Lipinski definition) is 2. The van der Waals surface area contributed by atoms with Crippen molar-refractivity contribution < 1.29 is 0 Å². The molecule has 0 unspecified atom stereocenters. The minimum absolute atomic E-state index is 0.766. The lowest BCUT2D eigenvalue weighted by atomic mass is 10.3. The molecule has 19 heavy (non-hydrogen) atoms. The lowest BCUT2D eigenvalue weighted by Crippen LogP contribution is -2.11. The summed E-state index contributed by atoms with van der Waals surface area (Å²) in [4.78, 5) is 13.2. The van der Waals surface area contributed by atoms with Gasteiger partial charge in [-0.2, -0.15) is 0 Å². The van der Waals surface area contributed by atoms with E-state index in [-0.39, 0.29) is 0 Å². The van der Waals surface area contributed by atoms with Crippen LogP contribution < -0.4 is 10.6 Å². The van der Waals surface area contributed by atoms with E-state index >= 15 is 0 Å². The maximum absolute atomic E-state index is 4.45. The van der Waals surface area contributed by atoms with Crippen LogP contribution in [-0.4, -0.2) is 28.5 Å². The van der Waals surface area contributed by atoms with Crippen molar-refractivity contribution in [2.45, 2.75) is 27.2 Å². The zero-order valence-corrected chi connectivity index (χ0v) is 12.6. The number of anilines is 2. The van der Waals surface area contributed by atoms with Crippen LogP contribution in [0.2, 0.25) is 0 Å². The molecule has 2 rings (SSSR count). The zero-order valence-electron chi connectivity index (χ0n) is 11.7. The van der Waals surface area contributed by atoms with Gasteiger partial charge in [-0.15, -0.1) is 11.3 Å². The van der Waals surface area contributed by atoms with Gasteiger partial charge in [-0.1, -0.05) is 0 Å². The highest BCUT2D eigenvalue weighted by Crippen LogP contribution is 2.19. The first-order valence-corrected chi connectivity index (χ1v) is 7.16.